The Labute approximate surface area is 70.2 Å². The average molecular weight is 166 g/mol. The number of rotatable bonds is 2. The molecule has 4 nitrogen and oxygen atoms in total. The number of hydrogen-bond acceptors (Lipinski definition) is 3. The molecule has 2 amide bonds. The Morgan fingerprint density at radius 1 is 1.33 bits per heavy atom. The lowest BCUT2D eigenvalue weighted by Gasteiger charge is -2.30. The predicted octanol–water partition coefficient (Wildman–Crippen LogP) is -0.869. The Kier molecular flexibility index (Phi) is 1.69. The van der Waals surface area contributed by atoms with E-state index in [-0.39, 0.29) is 11.8 Å². The quantitative estimate of drug-likeness (QED) is 0.542. The van der Waals surface area contributed by atoms with Crippen LogP contribution in [0.15, 0.2) is 12.2 Å². The molecule has 0 spiro atoms. The van der Waals surface area contributed by atoms with Gasteiger partial charge in [-0.1, -0.05) is 0 Å². The van der Waals surface area contributed by atoms with Gasteiger partial charge < -0.3 is 5.32 Å². The molecule has 4 heteroatoms. The van der Waals surface area contributed by atoms with Crippen molar-refractivity contribution in [2.45, 2.75) is 0 Å². The fraction of sp³-hybridized carbons (Fsp3) is 0.500. The third-order valence-electron chi connectivity index (χ3n) is 2.21. The second-order valence-corrected chi connectivity index (χ2v) is 3.14. The molecule has 2 rings (SSSR count). The van der Waals surface area contributed by atoms with Gasteiger partial charge in [-0.15, -0.1) is 0 Å². The highest BCUT2D eigenvalue weighted by atomic mass is 16.2. The molecule has 0 aromatic carbocycles. The van der Waals surface area contributed by atoms with Crippen LogP contribution in [0.1, 0.15) is 0 Å². The number of carbonyl (C=O) groups excluding carboxylic acids is 2. The minimum atomic E-state index is -0.174. The average Bonchev–Trinajstić information content (AvgIpc) is 2.25. The van der Waals surface area contributed by atoms with Crippen molar-refractivity contribution in [3.8, 4) is 0 Å². The molecule has 0 atom stereocenters. The van der Waals surface area contributed by atoms with Crippen LogP contribution < -0.4 is 5.32 Å². The summed E-state index contributed by atoms with van der Waals surface area (Å²) in [6.07, 6.45) is 2.66. The van der Waals surface area contributed by atoms with Gasteiger partial charge in [0, 0.05) is 37.7 Å². The van der Waals surface area contributed by atoms with Crippen LogP contribution in [0.4, 0.5) is 0 Å². The molecule has 0 aliphatic carbocycles. The first-order chi connectivity index (χ1) is 5.77. The molecular formula is C8H10N2O2. The van der Waals surface area contributed by atoms with Crippen molar-refractivity contribution in [2.24, 2.45) is 5.92 Å². The maximum atomic E-state index is 11.1. The fourth-order valence-corrected chi connectivity index (χ4v) is 1.35. The standard InChI is InChI=1S/C8H10N2O2/c11-7-1-2-8(12)10(7)5-6-3-9-4-6/h1-2,6,9H,3-5H2. The second kappa shape index (κ2) is 2.71. The molecule has 12 heavy (non-hydrogen) atoms. The molecule has 2 aliphatic heterocycles. The van der Waals surface area contributed by atoms with Gasteiger partial charge in [0.15, 0.2) is 0 Å². The molecule has 2 aliphatic rings. The molecule has 64 valence electrons. The first-order valence-electron chi connectivity index (χ1n) is 4.01. The van der Waals surface area contributed by atoms with Crippen LogP contribution in [0, 0.1) is 5.92 Å². The summed E-state index contributed by atoms with van der Waals surface area (Å²) in [5.74, 6) is 0.108. The SMILES string of the molecule is O=C1C=CC(=O)N1CC1CNC1. The normalized spacial score (nSPS) is 23.5. The van der Waals surface area contributed by atoms with Crippen LogP contribution >= 0.6 is 0 Å². The van der Waals surface area contributed by atoms with Crippen LogP contribution in [0.3, 0.4) is 0 Å². The van der Waals surface area contributed by atoms with Crippen molar-refractivity contribution in [1.82, 2.24) is 10.2 Å². The number of amides is 2. The van der Waals surface area contributed by atoms with Crippen LogP contribution in [-0.4, -0.2) is 36.3 Å². The summed E-state index contributed by atoms with van der Waals surface area (Å²) in [6.45, 7) is 2.39. The van der Waals surface area contributed by atoms with Gasteiger partial charge in [0.25, 0.3) is 11.8 Å². The minimum absolute atomic E-state index is 0.174. The van der Waals surface area contributed by atoms with Gasteiger partial charge in [-0.05, 0) is 0 Å². The van der Waals surface area contributed by atoms with E-state index in [4.69, 9.17) is 0 Å². The van der Waals surface area contributed by atoms with Crippen LogP contribution in [0.5, 0.6) is 0 Å². The van der Waals surface area contributed by atoms with Gasteiger partial charge in [0.05, 0.1) is 0 Å². The van der Waals surface area contributed by atoms with Crippen LogP contribution in [0.25, 0.3) is 0 Å². The van der Waals surface area contributed by atoms with Crippen LogP contribution in [0.2, 0.25) is 0 Å². The van der Waals surface area contributed by atoms with Crippen molar-refractivity contribution >= 4 is 11.8 Å². The monoisotopic (exact) mass is 166 g/mol. The highest BCUT2D eigenvalue weighted by Crippen LogP contribution is 2.10. The molecule has 1 fully saturated rings. The lowest BCUT2D eigenvalue weighted by molar-refractivity contribution is -0.137. The van der Waals surface area contributed by atoms with E-state index in [0.717, 1.165) is 13.1 Å². The van der Waals surface area contributed by atoms with E-state index < -0.39 is 0 Å². The smallest absolute Gasteiger partial charge is 0.253 e. The molecule has 1 saturated heterocycles. The van der Waals surface area contributed by atoms with Crippen molar-refractivity contribution < 1.29 is 9.59 Å². The Bertz CT molecular complexity index is 238. The Balaban J connectivity index is 1.94. The zero-order chi connectivity index (χ0) is 8.55. The third kappa shape index (κ3) is 1.14. The molecule has 0 saturated carbocycles. The summed E-state index contributed by atoms with van der Waals surface area (Å²) < 4.78 is 0. The van der Waals surface area contributed by atoms with E-state index in [1.807, 2.05) is 0 Å². The number of nitrogens with one attached hydrogen (secondary N) is 1. The van der Waals surface area contributed by atoms with Gasteiger partial charge in [0.1, 0.15) is 0 Å². The van der Waals surface area contributed by atoms with E-state index in [9.17, 15) is 9.59 Å². The van der Waals surface area contributed by atoms with Crippen LogP contribution in [-0.2, 0) is 9.59 Å². The van der Waals surface area contributed by atoms with Gasteiger partial charge in [-0.25, -0.2) is 0 Å². The van der Waals surface area contributed by atoms with E-state index in [0.29, 0.717) is 12.5 Å². The molecule has 1 N–H and O–H groups in total. The largest absolute Gasteiger partial charge is 0.316 e. The van der Waals surface area contributed by atoms with Gasteiger partial charge in [-0.3, -0.25) is 14.5 Å². The maximum Gasteiger partial charge on any atom is 0.253 e. The Morgan fingerprint density at radius 2 is 1.92 bits per heavy atom. The number of imide groups is 1. The van der Waals surface area contributed by atoms with Crippen molar-refractivity contribution in [3.63, 3.8) is 0 Å². The predicted molar refractivity (Wildman–Crippen MR) is 42.2 cm³/mol. The first kappa shape index (κ1) is 7.49. The highest BCUT2D eigenvalue weighted by molar-refractivity contribution is 6.12. The molecule has 0 unspecified atom stereocenters. The van der Waals surface area contributed by atoms with Gasteiger partial charge in [0.2, 0.25) is 0 Å². The zero-order valence-electron chi connectivity index (χ0n) is 6.62. The van der Waals surface area contributed by atoms with Gasteiger partial charge >= 0.3 is 0 Å². The topological polar surface area (TPSA) is 49.4 Å². The molecular weight excluding hydrogens is 156 g/mol. The Morgan fingerprint density at radius 3 is 2.33 bits per heavy atom. The lowest BCUT2D eigenvalue weighted by atomic mass is 10.0. The summed E-state index contributed by atoms with van der Waals surface area (Å²) in [5, 5.41) is 3.10. The highest BCUT2D eigenvalue weighted by Gasteiger charge is 2.28. The zero-order valence-corrected chi connectivity index (χ0v) is 6.62. The molecule has 0 radical (unpaired) electrons. The minimum Gasteiger partial charge on any atom is -0.316 e. The number of carbonyl (C=O) groups is 2. The number of hydrogen-bond donors (Lipinski definition) is 1. The fourth-order valence-electron chi connectivity index (χ4n) is 1.35. The molecule has 0 bridgehead atoms. The molecule has 0 aromatic heterocycles. The second-order valence-electron chi connectivity index (χ2n) is 3.14. The molecule has 0 aromatic rings. The van der Waals surface area contributed by atoms with Gasteiger partial charge in [-0.2, -0.15) is 0 Å². The summed E-state index contributed by atoms with van der Waals surface area (Å²) in [5.41, 5.74) is 0. The van der Waals surface area contributed by atoms with Crippen molar-refractivity contribution in [2.75, 3.05) is 19.6 Å². The summed E-state index contributed by atoms with van der Waals surface area (Å²) in [4.78, 5) is 23.4. The van der Waals surface area contributed by atoms with E-state index in [1.54, 1.807) is 0 Å². The summed E-state index contributed by atoms with van der Waals surface area (Å²) in [6, 6.07) is 0. The maximum absolute atomic E-state index is 11.1. The Hall–Kier alpha value is -1.16. The van der Waals surface area contributed by atoms with E-state index >= 15 is 0 Å². The van der Waals surface area contributed by atoms with E-state index in [2.05, 4.69) is 5.32 Å². The third-order valence-corrected chi connectivity index (χ3v) is 2.21. The summed E-state index contributed by atoms with van der Waals surface area (Å²) in [7, 11) is 0. The summed E-state index contributed by atoms with van der Waals surface area (Å²) >= 11 is 0. The molecule has 2 heterocycles. The number of nitrogens with zero attached hydrogens (tertiary/aromatic N) is 1. The van der Waals surface area contributed by atoms with Crippen molar-refractivity contribution in [1.29, 1.82) is 0 Å². The van der Waals surface area contributed by atoms with Crippen molar-refractivity contribution in [3.05, 3.63) is 12.2 Å². The van der Waals surface area contributed by atoms with E-state index in [1.165, 1.54) is 17.1 Å². The first-order valence-corrected chi connectivity index (χ1v) is 4.01. The lowest BCUT2D eigenvalue weighted by Crippen LogP contribution is -2.49.